The van der Waals surface area contributed by atoms with Crippen LogP contribution in [0.3, 0.4) is 0 Å². The van der Waals surface area contributed by atoms with E-state index >= 15 is 0 Å². The zero-order valence-electron chi connectivity index (χ0n) is 18.7. The second-order valence-corrected chi connectivity index (χ2v) is 9.12. The Hall–Kier alpha value is -2.31. The summed E-state index contributed by atoms with van der Waals surface area (Å²) in [6, 6.07) is 11.5. The quantitative estimate of drug-likeness (QED) is 0.617. The van der Waals surface area contributed by atoms with Crippen molar-refractivity contribution in [3.8, 4) is 0 Å². The minimum atomic E-state index is -0.679. The first kappa shape index (κ1) is 22.9. The number of rotatable bonds is 7. The second-order valence-electron chi connectivity index (χ2n) is 9.12. The highest BCUT2D eigenvalue weighted by Crippen LogP contribution is 2.24. The van der Waals surface area contributed by atoms with E-state index in [1.165, 1.54) is 11.1 Å². The number of ether oxygens (including phenoxy) is 1. The van der Waals surface area contributed by atoms with Gasteiger partial charge in [0, 0.05) is 26.2 Å². The fraction of sp³-hybridized carbons (Fsp3) is 0.500. The van der Waals surface area contributed by atoms with E-state index in [4.69, 9.17) is 4.74 Å². The summed E-state index contributed by atoms with van der Waals surface area (Å²) in [5.74, 6) is -1.39. The summed E-state index contributed by atoms with van der Waals surface area (Å²) in [4.78, 5) is 17.3. The van der Waals surface area contributed by atoms with Crippen molar-refractivity contribution in [2.24, 2.45) is 5.92 Å². The van der Waals surface area contributed by atoms with Crippen molar-refractivity contribution in [2.75, 3.05) is 32.8 Å². The molecule has 172 valence electrons. The van der Waals surface area contributed by atoms with Crippen LogP contribution in [0.25, 0.3) is 0 Å². The van der Waals surface area contributed by atoms with Crippen molar-refractivity contribution in [3.05, 3.63) is 70.8 Å². The average Bonchev–Trinajstić information content (AvgIpc) is 3.30. The van der Waals surface area contributed by atoms with E-state index in [1.807, 2.05) is 0 Å². The number of hydrogen-bond donors (Lipinski definition) is 0. The van der Waals surface area contributed by atoms with Crippen LogP contribution in [-0.4, -0.2) is 54.6 Å². The number of aryl methyl sites for hydroxylation is 1. The van der Waals surface area contributed by atoms with Gasteiger partial charge in [-0.25, -0.2) is 8.78 Å². The molecular formula is C26H32F2N2O2. The van der Waals surface area contributed by atoms with Gasteiger partial charge in [-0.15, -0.1) is 0 Å². The first-order valence-corrected chi connectivity index (χ1v) is 11.6. The molecule has 2 aromatic carbocycles. The molecule has 4 rings (SSSR count). The van der Waals surface area contributed by atoms with Gasteiger partial charge in [0.05, 0.1) is 11.7 Å². The highest BCUT2D eigenvalue weighted by molar-refractivity contribution is 5.94. The van der Waals surface area contributed by atoms with Gasteiger partial charge in [-0.3, -0.25) is 9.69 Å². The van der Waals surface area contributed by atoms with Gasteiger partial charge in [0.2, 0.25) is 0 Å². The largest absolute Gasteiger partial charge is 0.376 e. The Balaban J connectivity index is 1.39. The summed E-state index contributed by atoms with van der Waals surface area (Å²) in [5.41, 5.74) is 2.46. The monoisotopic (exact) mass is 442 g/mol. The lowest BCUT2D eigenvalue weighted by Crippen LogP contribution is -2.43. The third-order valence-corrected chi connectivity index (χ3v) is 6.73. The molecule has 4 nitrogen and oxygen atoms in total. The fourth-order valence-electron chi connectivity index (χ4n) is 4.77. The number of likely N-dealkylation sites (tertiary alicyclic amines) is 1. The number of carbonyl (C=O) groups is 1. The Bertz CT molecular complexity index is 922. The summed E-state index contributed by atoms with van der Waals surface area (Å²) < 4.78 is 33.8. The molecule has 0 aromatic heterocycles. The molecule has 0 radical (unpaired) electrons. The summed E-state index contributed by atoms with van der Waals surface area (Å²) in [6.45, 7) is 6.68. The first-order chi connectivity index (χ1) is 15.5. The van der Waals surface area contributed by atoms with Crippen LogP contribution >= 0.6 is 0 Å². The van der Waals surface area contributed by atoms with Crippen LogP contribution in [-0.2, 0) is 11.3 Å². The molecule has 1 atom stereocenters. The molecule has 0 unspecified atom stereocenters. The van der Waals surface area contributed by atoms with Gasteiger partial charge >= 0.3 is 0 Å². The van der Waals surface area contributed by atoms with Gasteiger partial charge in [0.15, 0.2) is 0 Å². The molecule has 2 aliphatic heterocycles. The lowest BCUT2D eigenvalue weighted by atomic mass is 9.95. The molecule has 0 N–H and O–H groups in total. The molecule has 6 heteroatoms. The third-order valence-electron chi connectivity index (χ3n) is 6.73. The fourth-order valence-corrected chi connectivity index (χ4v) is 4.77. The summed E-state index contributed by atoms with van der Waals surface area (Å²) >= 11 is 0. The number of carbonyl (C=O) groups excluding carboxylic acids is 1. The molecule has 2 fully saturated rings. The molecule has 2 aromatic rings. The standard InChI is InChI=1S/C26H32F2N2O2/c1-19-5-2-3-6-21(19)17-29-12-10-20(11-13-29)16-30(18-23-7-4-14-32-23)26(31)24-15-22(27)8-9-25(24)28/h2-3,5-6,8-9,15,20,23H,4,7,10-14,16-18H2,1H3/t23-/m1/s1. The maximum Gasteiger partial charge on any atom is 0.257 e. The van der Waals surface area contributed by atoms with Gasteiger partial charge in [0.25, 0.3) is 5.91 Å². The van der Waals surface area contributed by atoms with Crippen molar-refractivity contribution in [2.45, 2.75) is 45.3 Å². The van der Waals surface area contributed by atoms with E-state index in [2.05, 4.69) is 36.1 Å². The number of benzene rings is 2. The van der Waals surface area contributed by atoms with Gasteiger partial charge in [0.1, 0.15) is 11.6 Å². The van der Waals surface area contributed by atoms with Gasteiger partial charge in [-0.1, -0.05) is 24.3 Å². The summed E-state index contributed by atoms with van der Waals surface area (Å²) in [7, 11) is 0. The molecular weight excluding hydrogens is 410 g/mol. The highest BCUT2D eigenvalue weighted by Gasteiger charge is 2.29. The van der Waals surface area contributed by atoms with Crippen LogP contribution < -0.4 is 0 Å². The highest BCUT2D eigenvalue weighted by atomic mass is 19.1. The van der Waals surface area contributed by atoms with E-state index in [1.54, 1.807) is 4.90 Å². The molecule has 0 aliphatic carbocycles. The molecule has 2 aliphatic rings. The zero-order valence-corrected chi connectivity index (χ0v) is 18.7. The normalized spacial score (nSPS) is 19.9. The lowest BCUT2D eigenvalue weighted by molar-refractivity contribution is 0.0441. The number of hydrogen-bond acceptors (Lipinski definition) is 3. The SMILES string of the molecule is Cc1ccccc1CN1CCC(CN(C[C@H]2CCCO2)C(=O)c2cc(F)ccc2F)CC1. The molecule has 2 saturated heterocycles. The molecule has 32 heavy (non-hydrogen) atoms. The van der Waals surface area contributed by atoms with E-state index in [0.29, 0.717) is 25.6 Å². The Morgan fingerprint density at radius 1 is 1.09 bits per heavy atom. The minimum Gasteiger partial charge on any atom is -0.376 e. The Labute approximate surface area is 189 Å². The Morgan fingerprint density at radius 3 is 2.59 bits per heavy atom. The van der Waals surface area contributed by atoms with Crippen molar-refractivity contribution in [3.63, 3.8) is 0 Å². The van der Waals surface area contributed by atoms with Crippen LogP contribution in [0.4, 0.5) is 8.78 Å². The maximum absolute atomic E-state index is 14.3. The van der Waals surface area contributed by atoms with Crippen molar-refractivity contribution < 1.29 is 18.3 Å². The van der Waals surface area contributed by atoms with Crippen molar-refractivity contribution >= 4 is 5.91 Å². The van der Waals surface area contributed by atoms with Crippen LogP contribution in [0.5, 0.6) is 0 Å². The molecule has 0 spiro atoms. The van der Waals surface area contributed by atoms with Crippen LogP contribution in [0.1, 0.15) is 47.2 Å². The lowest BCUT2D eigenvalue weighted by Gasteiger charge is -2.36. The minimum absolute atomic E-state index is 0.0308. The smallest absolute Gasteiger partial charge is 0.257 e. The predicted molar refractivity (Wildman–Crippen MR) is 120 cm³/mol. The Morgan fingerprint density at radius 2 is 1.88 bits per heavy atom. The van der Waals surface area contributed by atoms with Crippen molar-refractivity contribution in [1.29, 1.82) is 0 Å². The average molecular weight is 443 g/mol. The number of amides is 1. The van der Waals surface area contributed by atoms with Crippen molar-refractivity contribution in [1.82, 2.24) is 9.80 Å². The van der Waals surface area contributed by atoms with Crippen LogP contribution in [0.2, 0.25) is 0 Å². The third kappa shape index (κ3) is 5.73. The molecule has 0 saturated carbocycles. The van der Waals surface area contributed by atoms with Gasteiger partial charge in [-0.05, 0) is 80.9 Å². The zero-order chi connectivity index (χ0) is 22.5. The summed E-state index contributed by atoms with van der Waals surface area (Å²) in [5, 5.41) is 0. The summed E-state index contributed by atoms with van der Waals surface area (Å²) in [6.07, 6.45) is 3.79. The van der Waals surface area contributed by atoms with Crippen LogP contribution in [0.15, 0.2) is 42.5 Å². The van der Waals surface area contributed by atoms with Crippen LogP contribution in [0, 0.1) is 24.5 Å². The second kappa shape index (κ2) is 10.5. The number of halogens is 2. The predicted octanol–water partition coefficient (Wildman–Crippen LogP) is 4.81. The maximum atomic E-state index is 14.3. The van der Waals surface area contributed by atoms with Gasteiger partial charge < -0.3 is 9.64 Å². The Kier molecular flexibility index (Phi) is 7.53. The van der Waals surface area contributed by atoms with E-state index in [-0.39, 0.29) is 11.7 Å². The van der Waals surface area contributed by atoms with E-state index in [0.717, 1.165) is 63.5 Å². The number of piperidine rings is 1. The van der Waals surface area contributed by atoms with E-state index < -0.39 is 17.5 Å². The molecule has 0 bridgehead atoms. The number of nitrogens with zero attached hydrogens (tertiary/aromatic N) is 2. The van der Waals surface area contributed by atoms with Gasteiger partial charge in [-0.2, -0.15) is 0 Å². The first-order valence-electron chi connectivity index (χ1n) is 11.6. The molecule has 2 heterocycles. The molecule has 1 amide bonds. The topological polar surface area (TPSA) is 32.8 Å². The van der Waals surface area contributed by atoms with E-state index in [9.17, 15) is 13.6 Å².